The second kappa shape index (κ2) is 10.2. The maximum Gasteiger partial charge on any atom is 0.237 e. The van der Waals surface area contributed by atoms with Crippen molar-refractivity contribution in [2.45, 2.75) is 4.90 Å². The average molecular weight is 478 g/mol. The fraction of sp³-hybridized carbons (Fsp3) is 0.0400. The van der Waals surface area contributed by atoms with Gasteiger partial charge in [-0.1, -0.05) is 6.07 Å². The van der Waals surface area contributed by atoms with E-state index in [1.54, 1.807) is 18.5 Å². The van der Waals surface area contributed by atoms with Crippen LogP contribution in [0.3, 0.4) is 0 Å². The number of ether oxygens (including phenoxy) is 1. The highest BCUT2D eigenvalue weighted by Gasteiger charge is 2.12. The number of methoxy groups -OCH3 is 1. The molecule has 4 aromatic rings. The van der Waals surface area contributed by atoms with Crippen LogP contribution in [0, 0.1) is 11.6 Å². The maximum absolute atomic E-state index is 14.0. The molecule has 0 unspecified atom stereocenters. The lowest BCUT2D eigenvalue weighted by atomic mass is 9.98. The van der Waals surface area contributed by atoms with Crippen LogP contribution >= 0.6 is 11.9 Å². The molecule has 2 aromatic carbocycles. The van der Waals surface area contributed by atoms with Crippen molar-refractivity contribution in [1.29, 1.82) is 0 Å². The molecule has 0 aliphatic carbocycles. The summed E-state index contributed by atoms with van der Waals surface area (Å²) in [5.74, 6) is -0.961. The summed E-state index contributed by atoms with van der Waals surface area (Å²) in [7, 11) is 1.50. The Bertz CT molecular complexity index is 1410. The molecule has 34 heavy (non-hydrogen) atoms. The lowest BCUT2D eigenvalue weighted by Gasteiger charge is -2.13. The molecule has 0 aliphatic heterocycles. The quantitative estimate of drug-likeness (QED) is 0.240. The zero-order chi connectivity index (χ0) is 24.1. The standard InChI is InChI=1S/C25H21F2N5OS/c1-33-25-23(32-34-24-5-3-18(26)12-21(24)27)11-17(14-31-25)15-2-4-22-20(10-15)19(7-9-30-22)16(13-29)6-8-28/h2-14,32H,28-29H2,1H3/b8-6-,16-13+. The number of fused-ring (bicyclic) bond motifs is 1. The number of hydrogen-bond donors (Lipinski definition) is 3. The highest BCUT2D eigenvalue weighted by Crippen LogP contribution is 2.34. The number of allylic oxidation sites excluding steroid dienone is 2. The Balaban J connectivity index is 1.72. The monoisotopic (exact) mass is 477 g/mol. The van der Waals surface area contributed by atoms with Gasteiger partial charge in [0.25, 0.3) is 0 Å². The first-order valence-corrected chi connectivity index (χ1v) is 11.0. The summed E-state index contributed by atoms with van der Waals surface area (Å²) >= 11 is 0.997. The molecule has 0 amide bonds. The predicted octanol–water partition coefficient (Wildman–Crippen LogP) is 5.47. The highest BCUT2D eigenvalue weighted by molar-refractivity contribution is 8.00. The molecule has 0 spiro atoms. The molecular weight excluding hydrogens is 456 g/mol. The van der Waals surface area contributed by atoms with E-state index >= 15 is 0 Å². The minimum absolute atomic E-state index is 0.240. The Kier molecular flexibility index (Phi) is 6.93. The van der Waals surface area contributed by atoms with Gasteiger partial charge in [0.05, 0.1) is 17.5 Å². The van der Waals surface area contributed by atoms with Crippen molar-refractivity contribution in [2.24, 2.45) is 11.5 Å². The number of aromatic nitrogens is 2. The minimum Gasteiger partial charge on any atom is -0.480 e. The summed E-state index contributed by atoms with van der Waals surface area (Å²) in [6.45, 7) is 0. The van der Waals surface area contributed by atoms with E-state index in [9.17, 15) is 8.78 Å². The summed E-state index contributed by atoms with van der Waals surface area (Å²) in [5.41, 5.74) is 16.1. The molecule has 9 heteroatoms. The smallest absolute Gasteiger partial charge is 0.237 e. The summed E-state index contributed by atoms with van der Waals surface area (Å²) in [5, 5.41) is 0.892. The topological polar surface area (TPSA) is 99.1 Å². The van der Waals surface area contributed by atoms with Crippen LogP contribution in [0.2, 0.25) is 0 Å². The largest absolute Gasteiger partial charge is 0.480 e. The molecule has 0 atom stereocenters. The van der Waals surface area contributed by atoms with Gasteiger partial charge >= 0.3 is 0 Å². The number of pyridine rings is 2. The van der Waals surface area contributed by atoms with Crippen molar-refractivity contribution in [3.05, 3.63) is 96.6 Å². The summed E-state index contributed by atoms with van der Waals surface area (Å²) in [6.07, 6.45) is 8.05. The van der Waals surface area contributed by atoms with Gasteiger partial charge in [0, 0.05) is 35.6 Å². The Labute approximate surface area is 199 Å². The van der Waals surface area contributed by atoms with Crippen molar-refractivity contribution in [3.63, 3.8) is 0 Å². The van der Waals surface area contributed by atoms with Crippen LogP contribution in [0.4, 0.5) is 14.5 Å². The molecule has 172 valence electrons. The first kappa shape index (κ1) is 23.1. The number of nitrogens with zero attached hydrogens (tertiary/aromatic N) is 2. The molecule has 0 saturated carbocycles. The Morgan fingerprint density at radius 1 is 1.03 bits per heavy atom. The Morgan fingerprint density at radius 2 is 1.88 bits per heavy atom. The van der Waals surface area contributed by atoms with E-state index in [0.717, 1.165) is 51.2 Å². The Hall–Kier alpha value is -4.11. The fourth-order valence-electron chi connectivity index (χ4n) is 3.43. The molecule has 0 aliphatic rings. The fourth-order valence-corrected chi connectivity index (χ4v) is 4.09. The SMILES string of the molecule is COc1ncc(-c2ccc3nccc(C(/C=C\N)=C/N)c3c2)cc1NSc1ccc(F)cc1F. The van der Waals surface area contributed by atoms with Crippen LogP contribution in [0.15, 0.2) is 84.3 Å². The summed E-state index contributed by atoms with van der Waals surface area (Å²) in [6, 6.07) is 12.9. The van der Waals surface area contributed by atoms with E-state index in [1.807, 2.05) is 30.3 Å². The number of anilines is 1. The summed E-state index contributed by atoms with van der Waals surface area (Å²) < 4.78 is 35.6. The van der Waals surface area contributed by atoms with Crippen LogP contribution in [0.1, 0.15) is 5.56 Å². The molecule has 0 radical (unpaired) electrons. The van der Waals surface area contributed by atoms with Crippen LogP contribution in [-0.4, -0.2) is 17.1 Å². The number of benzene rings is 2. The predicted molar refractivity (Wildman–Crippen MR) is 133 cm³/mol. The second-order valence-corrected chi connectivity index (χ2v) is 7.98. The van der Waals surface area contributed by atoms with Gasteiger partial charge in [-0.25, -0.2) is 13.8 Å². The third-order valence-electron chi connectivity index (χ3n) is 5.05. The van der Waals surface area contributed by atoms with E-state index in [1.165, 1.54) is 31.6 Å². The van der Waals surface area contributed by atoms with E-state index in [4.69, 9.17) is 16.2 Å². The van der Waals surface area contributed by atoms with Gasteiger partial charge in [-0.05, 0) is 77.3 Å². The van der Waals surface area contributed by atoms with Crippen molar-refractivity contribution in [1.82, 2.24) is 9.97 Å². The number of nitrogens with two attached hydrogens (primary N) is 2. The lowest BCUT2D eigenvalue weighted by molar-refractivity contribution is 0.400. The molecule has 0 bridgehead atoms. The maximum atomic E-state index is 14.0. The molecule has 4 rings (SSSR count). The molecular formula is C25H21F2N5OS. The van der Waals surface area contributed by atoms with Gasteiger partial charge in [-0.15, -0.1) is 0 Å². The van der Waals surface area contributed by atoms with Crippen LogP contribution < -0.4 is 20.9 Å². The van der Waals surface area contributed by atoms with E-state index < -0.39 is 11.6 Å². The number of hydrogen-bond acceptors (Lipinski definition) is 7. The number of halogens is 2. The highest BCUT2D eigenvalue weighted by atomic mass is 32.2. The molecule has 6 nitrogen and oxygen atoms in total. The zero-order valence-electron chi connectivity index (χ0n) is 18.1. The van der Waals surface area contributed by atoms with Crippen molar-refractivity contribution in [2.75, 3.05) is 11.8 Å². The third kappa shape index (κ3) is 4.79. The van der Waals surface area contributed by atoms with Gasteiger partial charge in [-0.2, -0.15) is 0 Å². The first-order chi connectivity index (χ1) is 16.5. The molecule has 0 saturated heterocycles. The normalized spacial score (nSPS) is 11.8. The van der Waals surface area contributed by atoms with E-state index in [0.29, 0.717) is 11.6 Å². The van der Waals surface area contributed by atoms with Gasteiger partial charge in [0.1, 0.15) is 17.3 Å². The lowest BCUT2D eigenvalue weighted by Crippen LogP contribution is -1.97. The molecule has 0 fully saturated rings. The third-order valence-corrected chi connectivity index (χ3v) is 5.92. The van der Waals surface area contributed by atoms with Gasteiger partial charge in [-0.3, -0.25) is 4.98 Å². The van der Waals surface area contributed by atoms with E-state index in [2.05, 4.69) is 14.7 Å². The van der Waals surface area contributed by atoms with Gasteiger partial charge in [0.2, 0.25) is 5.88 Å². The average Bonchev–Trinajstić information content (AvgIpc) is 2.86. The molecule has 2 heterocycles. The van der Waals surface area contributed by atoms with Crippen molar-refractivity contribution >= 4 is 34.1 Å². The molecule has 5 N–H and O–H groups in total. The van der Waals surface area contributed by atoms with E-state index in [-0.39, 0.29) is 4.90 Å². The minimum atomic E-state index is -0.662. The zero-order valence-corrected chi connectivity index (χ0v) is 18.9. The first-order valence-electron chi connectivity index (χ1n) is 10.2. The van der Waals surface area contributed by atoms with Crippen LogP contribution in [-0.2, 0) is 0 Å². The summed E-state index contributed by atoms with van der Waals surface area (Å²) in [4.78, 5) is 9.06. The number of nitrogens with one attached hydrogen (secondary N) is 1. The van der Waals surface area contributed by atoms with Gasteiger partial charge < -0.3 is 20.9 Å². The van der Waals surface area contributed by atoms with Gasteiger partial charge in [0.15, 0.2) is 0 Å². The molecule has 2 aromatic heterocycles. The second-order valence-electron chi connectivity index (χ2n) is 7.13. The van der Waals surface area contributed by atoms with Crippen molar-refractivity contribution < 1.29 is 13.5 Å². The van der Waals surface area contributed by atoms with Crippen LogP contribution in [0.5, 0.6) is 5.88 Å². The van der Waals surface area contributed by atoms with Crippen LogP contribution in [0.25, 0.3) is 27.6 Å². The Morgan fingerprint density at radius 3 is 2.62 bits per heavy atom. The van der Waals surface area contributed by atoms with Crippen molar-refractivity contribution in [3.8, 4) is 17.0 Å². The number of rotatable bonds is 7.